The Balaban J connectivity index is 2.10. The third-order valence-corrected chi connectivity index (χ3v) is 3.82. The van der Waals surface area contributed by atoms with Crippen molar-refractivity contribution in [2.24, 2.45) is 0 Å². The van der Waals surface area contributed by atoms with Crippen molar-refractivity contribution in [1.29, 1.82) is 0 Å². The third-order valence-electron chi connectivity index (χ3n) is 3.27. The number of rotatable bonds is 3. The molecule has 0 radical (unpaired) electrons. The van der Waals surface area contributed by atoms with Gasteiger partial charge in [-0.3, -0.25) is 19.4 Å². The molecule has 0 bridgehead atoms. The van der Waals surface area contributed by atoms with Crippen molar-refractivity contribution in [1.82, 2.24) is 9.80 Å². The van der Waals surface area contributed by atoms with Gasteiger partial charge >= 0.3 is 0 Å². The number of likely N-dealkylation sites (N-methyl/N-ethyl adjacent to an activating group) is 2. The maximum atomic E-state index is 12.1. The molecule has 0 aliphatic carbocycles. The van der Waals surface area contributed by atoms with Crippen LogP contribution in [0.2, 0.25) is 0 Å². The van der Waals surface area contributed by atoms with Gasteiger partial charge in [0.25, 0.3) is 11.8 Å². The molecular weight excluding hydrogens is 272 g/mol. The Kier molecular flexibility index (Phi) is 4.29. The highest BCUT2D eigenvalue weighted by molar-refractivity contribution is 7.80. The number of aryl methyl sites for hydroxylation is 1. The second-order valence-corrected chi connectivity index (χ2v) is 5.02. The van der Waals surface area contributed by atoms with Gasteiger partial charge in [0.1, 0.15) is 5.57 Å². The summed E-state index contributed by atoms with van der Waals surface area (Å²) in [7, 11) is 3.16. The first-order valence-electron chi connectivity index (χ1n) is 6.36. The minimum atomic E-state index is -0.328. The molecule has 1 aromatic carbocycles. The van der Waals surface area contributed by atoms with E-state index >= 15 is 0 Å². The van der Waals surface area contributed by atoms with Crippen LogP contribution in [0.3, 0.4) is 0 Å². The van der Waals surface area contributed by atoms with Gasteiger partial charge in [-0.25, -0.2) is 0 Å². The minimum Gasteiger partial charge on any atom is -0.288 e. The summed E-state index contributed by atoms with van der Waals surface area (Å²) in [5.41, 5.74) is 1.37. The zero-order valence-electron chi connectivity index (χ0n) is 11.5. The predicted molar refractivity (Wildman–Crippen MR) is 81.0 cm³/mol. The van der Waals surface area contributed by atoms with Gasteiger partial charge in [0.15, 0.2) is 5.11 Å². The number of thiocarbonyl (C=S) groups is 1. The Morgan fingerprint density at radius 2 is 1.60 bits per heavy atom. The fourth-order valence-corrected chi connectivity index (χ4v) is 2.22. The van der Waals surface area contributed by atoms with Gasteiger partial charge in [-0.15, -0.1) is 0 Å². The number of amides is 2. The van der Waals surface area contributed by atoms with E-state index in [1.165, 1.54) is 15.4 Å². The van der Waals surface area contributed by atoms with E-state index in [1.54, 1.807) is 20.2 Å². The van der Waals surface area contributed by atoms with Crippen LogP contribution < -0.4 is 0 Å². The highest BCUT2D eigenvalue weighted by Gasteiger charge is 2.34. The fourth-order valence-electron chi connectivity index (χ4n) is 2.05. The van der Waals surface area contributed by atoms with Crippen molar-refractivity contribution in [3.05, 3.63) is 47.5 Å². The van der Waals surface area contributed by atoms with E-state index in [-0.39, 0.29) is 22.5 Å². The van der Waals surface area contributed by atoms with Gasteiger partial charge in [0.05, 0.1) is 0 Å². The van der Waals surface area contributed by atoms with Crippen LogP contribution in [-0.4, -0.2) is 40.8 Å². The van der Waals surface area contributed by atoms with E-state index in [4.69, 9.17) is 12.2 Å². The van der Waals surface area contributed by atoms with Gasteiger partial charge in [-0.05, 0) is 30.6 Å². The number of carbonyl (C=O) groups is 2. The van der Waals surface area contributed by atoms with Crippen molar-refractivity contribution in [3.8, 4) is 0 Å². The monoisotopic (exact) mass is 288 g/mol. The lowest BCUT2D eigenvalue weighted by molar-refractivity contribution is -0.132. The lowest BCUT2D eigenvalue weighted by Gasteiger charge is -2.31. The fraction of sp³-hybridized carbons (Fsp3) is 0.267. The van der Waals surface area contributed by atoms with Crippen LogP contribution in [0.5, 0.6) is 0 Å². The van der Waals surface area contributed by atoms with Crippen molar-refractivity contribution in [2.75, 3.05) is 14.1 Å². The van der Waals surface area contributed by atoms with Gasteiger partial charge in [0, 0.05) is 14.1 Å². The summed E-state index contributed by atoms with van der Waals surface area (Å²) in [4.78, 5) is 26.8. The molecule has 104 valence electrons. The van der Waals surface area contributed by atoms with Crippen LogP contribution in [0.15, 0.2) is 42.0 Å². The summed E-state index contributed by atoms with van der Waals surface area (Å²) in [5, 5.41) is 0.236. The molecule has 0 saturated carbocycles. The van der Waals surface area contributed by atoms with Gasteiger partial charge in [-0.1, -0.05) is 36.4 Å². The molecule has 1 fully saturated rings. The molecule has 2 amide bonds. The largest absolute Gasteiger partial charge is 0.288 e. The number of hydrogen-bond acceptors (Lipinski definition) is 3. The first kappa shape index (κ1) is 14.4. The third kappa shape index (κ3) is 2.77. The molecule has 0 N–H and O–H groups in total. The highest BCUT2D eigenvalue weighted by Crippen LogP contribution is 2.16. The highest BCUT2D eigenvalue weighted by atomic mass is 32.1. The van der Waals surface area contributed by atoms with E-state index in [0.717, 1.165) is 6.42 Å². The summed E-state index contributed by atoms with van der Waals surface area (Å²) in [6, 6.07) is 9.95. The Labute approximate surface area is 123 Å². The normalized spacial score (nSPS) is 15.9. The van der Waals surface area contributed by atoms with E-state index in [0.29, 0.717) is 6.42 Å². The standard InChI is InChI=1S/C15H16N2O2S/c1-16-13(18)12(14(19)17(2)15(16)20)10-6-9-11-7-4-3-5-8-11/h3-5,7-8,10H,6,9H2,1-2H3. The van der Waals surface area contributed by atoms with E-state index < -0.39 is 0 Å². The summed E-state index contributed by atoms with van der Waals surface area (Å²) in [6.07, 6.45) is 3.14. The summed E-state index contributed by atoms with van der Waals surface area (Å²) in [5.74, 6) is -0.655. The second kappa shape index (κ2) is 5.96. The van der Waals surface area contributed by atoms with Crippen molar-refractivity contribution >= 4 is 29.1 Å². The van der Waals surface area contributed by atoms with E-state index in [2.05, 4.69) is 0 Å². The average Bonchev–Trinajstić information content (AvgIpc) is 2.48. The summed E-state index contributed by atoms with van der Waals surface area (Å²) in [6.45, 7) is 0. The quantitative estimate of drug-likeness (QED) is 0.483. The molecule has 20 heavy (non-hydrogen) atoms. The van der Waals surface area contributed by atoms with Crippen LogP contribution in [0.4, 0.5) is 0 Å². The molecule has 2 rings (SSSR count). The van der Waals surface area contributed by atoms with Crippen LogP contribution in [0.1, 0.15) is 12.0 Å². The lowest BCUT2D eigenvalue weighted by atomic mass is 10.1. The zero-order valence-corrected chi connectivity index (χ0v) is 12.3. The molecule has 1 aliphatic heterocycles. The molecule has 4 nitrogen and oxygen atoms in total. The first-order chi connectivity index (χ1) is 9.52. The van der Waals surface area contributed by atoms with E-state index in [9.17, 15) is 9.59 Å². The molecule has 1 aliphatic rings. The van der Waals surface area contributed by atoms with Crippen LogP contribution in [0.25, 0.3) is 0 Å². The SMILES string of the molecule is CN1C(=O)C(=CCCc2ccccc2)C(=O)N(C)C1=S. The number of hydrogen-bond donors (Lipinski definition) is 0. The van der Waals surface area contributed by atoms with Crippen molar-refractivity contribution in [2.45, 2.75) is 12.8 Å². The average molecular weight is 288 g/mol. The maximum Gasteiger partial charge on any atom is 0.265 e. The number of benzene rings is 1. The summed E-state index contributed by atoms with van der Waals surface area (Å²) >= 11 is 5.03. The molecule has 1 saturated heterocycles. The molecule has 1 aromatic rings. The predicted octanol–water partition coefficient (Wildman–Crippen LogP) is 1.76. The van der Waals surface area contributed by atoms with Crippen LogP contribution >= 0.6 is 12.2 Å². The van der Waals surface area contributed by atoms with Gasteiger partial charge < -0.3 is 0 Å². The molecule has 0 aromatic heterocycles. The maximum absolute atomic E-state index is 12.1. The van der Waals surface area contributed by atoms with Crippen molar-refractivity contribution < 1.29 is 9.59 Å². The molecule has 0 spiro atoms. The first-order valence-corrected chi connectivity index (χ1v) is 6.77. The molecular formula is C15H16N2O2S. The lowest BCUT2D eigenvalue weighted by Crippen LogP contribution is -2.52. The Morgan fingerprint density at radius 3 is 2.15 bits per heavy atom. The molecule has 0 unspecified atom stereocenters. The van der Waals surface area contributed by atoms with Gasteiger partial charge in [0.2, 0.25) is 0 Å². The van der Waals surface area contributed by atoms with Gasteiger partial charge in [-0.2, -0.15) is 0 Å². The van der Waals surface area contributed by atoms with Crippen molar-refractivity contribution in [3.63, 3.8) is 0 Å². The van der Waals surface area contributed by atoms with Crippen LogP contribution in [0, 0.1) is 0 Å². The zero-order chi connectivity index (χ0) is 14.7. The molecule has 5 heteroatoms. The summed E-state index contributed by atoms with van der Waals surface area (Å²) < 4.78 is 0. The Hall–Kier alpha value is -2.01. The second-order valence-electron chi connectivity index (χ2n) is 4.65. The Bertz CT molecular complexity index is 555. The molecule has 0 atom stereocenters. The van der Waals surface area contributed by atoms with E-state index in [1.807, 2.05) is 30.3 Å². The number of nitrogens with zero attached hydrogens (tertiary/aromatic N) is 2. The smallest absolute Gasteiger partial charge is 0.265 e. The molecule has 1 heterocycles. The Morgan fingerprint density at radius 1 is 1.05 bits per heavy atom. The topological polar surface area (TPSA) is 40.6 Å². The number of allylic oxidation sites excluding steroid dienone is 1. The minimum absolute atomic E-state index is 0.194. The number of carbonyl (C=O) groups excluding carboxylic acids is 2. The van der Waals surface area contributed by atoms with Crippen LogP contribution in [-0.2, 0) is 16.0 Å².